The van der Waals surface area contributed by atoms with Gasteiger partial charge in [-0.2, -0.15) is 0 Å². The average molecular weight is 314 g/mol. The van der Waals surface area contributed by atoms with E-state index in [4.69, 9.17) is 4.74 Å². The van der Waals surface area contributed by atoms with Crippen molar-refractivity contribution in [3.63, 3.8) is 0 Å². The normalized spacial score (nSPS) is 17.7. The van der Waals surface area contributed by atoms with Gasteiger partial charge in [-0.15, -0.1) is 0 Å². The average Bonchev–Trinajstić information content (AvgIpc) is 2.78. The van der Waals surface area contributed by atoms with Gasteiger partial charge in [0.25, 0.3) is 0 Å². The summed E-state index contributed by atoms with van der Waals surface area (Å²) in [6.07, 6.45) is 7.85. The van der Waals surface area contributed by atoms with Crippen LogP contribution in [-0.2, 0) is 4.74 Å². The molecule has 3 rings (SSSR count). The lowest BCUT2D eigenvalue weighted by Gasteiger charge is -2.21. The Bertz CT molecular complexity index is 524. The fourth-order valence-electron chi connectivity index (χ4n) is 1.90. The van der Waals surface area contributed by atoms with E-state index in [9.17, 15) is 0 Å². The Kier molecular flexibility index (Phi) is 3.35. The minimum absolute atomic E-state index is 0.589. The van der Waals surface area contributed by atoms with Crippen LogP contribution in [0.4, 0.5) is 0 Å². The molecule has 0 unspecified atom stereocenters. The van der Waals surface area contributed by atoms with Crippen LogP contribution < -0.4 is 0 Å². The Balaban J connectivity index is 1.90. The Hall–Kier alpha value is -0.590. The fraction of sp³-hybridized carbons (Fsp3) is 0.455. The third-order valence-electron chi connectivity index (χ3n) is 2.76. The van der Waals surface area contributed by atoms with E-state index in [1.165, 1.54) is 0 Å². The van der Waals surface area contributed by atoms with Gasteiger partial charge in [-0.05, 0) is 28.8 Å². The molecule has 1 aliphatic heterocycles. The summed E-state index contributed by atoms with van der Waals surface area (Å²) in [4.78, 5) is 8.88. The van der Waals surface area contributed by atoms with Gasteiger partial charge < -0.3 is 9.14 Å². The molecule has 3 heterocycles. The van der Waals surface area contributed by atoms with Crippen LogP contribution in [0.5, 0.6) is 0 Å². The third-order valence-corrected chi connectivity index (χ3v) is 4.44. The molecule has 4 nitrogen and oxygen atoms in total. The van der Waals surface area contributed by atoms with Crippen LogP contribution in [0.3, 0.4) is 0 Å². The first-order valence-corrected chi connectivity index (χ1v) is 7.24. The number of ether oxygens (including phenoxy) is 1. The van der Waals surface area contributed by atoms with Crippen molar-refractivity contribution in [1.82, 2.24) is 14.4 Å². The largest absolute Gasteiger partial charge is 0.381 e. The van der Waals surface area contributed by atoms with Crippen molar-refractivity contribution in [2.75, 3.05) is 13.2 Å². The molecule has 0 spiro atoms. The number of thioether (sulfide) groups is 1. The van der Waals surface area contributed by atoms with Crippen molar-refractivity contribution in [3.8, 4) is 0 Å². The van der Waals surface area contributed by atoms with E-state index in [0.29, 0.717) is 5.25 Å². The topological polar surface area (TPSA) is 39.4 Å². The molecular weight excluding hydrogens is 302 g/mol. The van der Waals surface area contributed by atoms with Gasteiger partial charge >= 0.3 is 0 Å². The predicted molar refractivity (Wildman–Crippen MR) is 70.4 cm³/mol. The SMILES string of the molecule is Brc1cn2ccnc2c(SC2CCOCC2)n1. The highest BCUT2D eigenvalue weighted by atomic mass is 79.9. The first-order valence-electron chi connectivity index (χ1n) is 5.56. The van der Waals surface area contributed by atoms with Crippen molar-refractivity contribution in [1.29, 1.82) is 0 Å². The minimum atomic E-state index is 0.589. The zero-order valence-electron chi connectivity index (χ0n) is 9.17. The fourth-order valence-corrected chi connectivity index (χ4v) is 3.58. The number of hydrogen-bond acceptors (Lipinski definition) is 4. The zero-order chi connectivity index (χ0) is 11.7. The first kappa shape index (κ1) is 11.5. The first-order chi connectivity index (χ1) is 8.33. The molecule has 0 aromatic carbocycles. The summed E-state index contributed by atoms with van der Waals surface area (Å²) >= 11 is 5.24. The molecule has 17 heavy (non-hydrogen) atoms. The second kappa shape index (κ2) is 4.96. The summed E-state index contributed by atoms with van der Waals surface area (Å²) in [5.74, 6) is 0. The summed E-state index contributed by atoms with van der Waals surface area (Å²) in [6, 6.07) is 0. The van der Waals surface area contributed by atoms with Crippen molar-refractivity contribution in [3.05, 3.63) is 23.2 Å². The van der Waals surface area contributed by atoms with E-state index in [2.05, 4.69) is 25.9 Å². The number of hydrogen-bond donors (Lipinski definition) is 0. The van der Waals surface area contributed by atoms with Crippen LogP contribution in [0.15, 0.2) is 28.2 Å². The highest BCUT2D eigenvalue weighted by Crippen LogP contribution is 2.31. The Morgan fingerprint density at radius 2 is 2.24 bits per heavy atom. The van der Waals surface area contributed by atoms with Gasteiger partial charge in [0.05, 0.1) is 0 Å². The lowest BCUT2D eigenvalue weighted by atomic mass is 10.2. The molecule has 0 N–H and O–H groups in total. The molecule has 1 saturated heterocycles. The van der Waals surface area contributed by atoms with Crippen molar-refractivity contribution in [2.24, 2.45) is 0 Å². The molecule has 6 heteroatoms. The summed E-state index contributed by atoms with van der Waals surface area (Å²) in [7, 11) is 0. The highest BCUT2D eigenvalue weighted by molar-refractivity contribution is 9.10. The summed E-state index contributed by atoms with van der Waals surface area (Å²) in [5.41, 5.74) is 0.935. The van der Waals surface area contributed by atoms with E-state index >= 15 is 0 Å². The van der Waals surface area contributed by atoms with E-state index in [1.54, 1.807) is 6.20 Å². The maximum Gasteiger partial charge on any atom is 0.169 e. The Labute approximate surface area is 112 Å². The molecule has 0 amide bonds. The number of fused-ring (bicyclic) bond motifs is 1. The molecule has 0 atom stereocenters. The van der Waals surface area contributed by atoms with Crippen LogP contribution in [0.25, 0.3) is 5.65 Å². The van der Waals surface area contributed by atoms with Crippen LogP contribution >= 0.6 is 27.7 Å². The molecule has 2 aromatic heterocycles. The minimum Gasteiger partial charge on any atom is -0.381 e. The molecule has 0 aliphatic carbocycles. The molecule has 0 radical (unpaired) electrons. The lowest BCUT2D eigenvalue weighted by Crippen LogP contribution is -2.17. The van der Waals surface area contributed by atoms with Gasteiger partial charge in [-0.3, -0.25) is 0 Å². The van der Waals surface area contributed by atoms with Gasteiger partial charge in [0.1, 0.15) is 9.63 Å². The van der Waals surface area contributed by atoms with Crippen molar-refractivity contribution in [2.45, 2.75) is 23.1 Å². The van der Waals surface area contributed by atoms with E-state index in [-0.39, 0.29) is 0 Å². The maximum atomic E-state index is 5.37. The summed E-state index contributed by atoms with van der Waals surface area (Å²) < 4.78 is 8.21. The molecule has 0 bridgehead atoms. The Morgan fingerprint density at radius 3 is 3.06 bits per heavy atom. The second-order valence-corrected chi connectivity index (χ2v) is 6.06. The van der Waals surface area contributed by atoms with Crippen molar-refractivity contribution < 1.29 is 4.74 Å². The van der Waals surface area contributed by atoms with E-state index in [0.717, 1.165) is 41.3 Å². The molecular formula is C11H12BrN3OS. The molecule has 1 aliphatic rings. The predicted octanol–water partition coefficient (Wildman–Crippen LogP) is 2.76. The second-order valence-electron chi connectivity index (χ2n) is 3.96. The maximum absolute atomic E-state index is 5.37. The van der Waals surface area contributed by atoms with Gasteiger partial charge in [0, 0.05) is 37.1 Å². The zero-order valence-corrected chi connectivity index (χ0v) is 11.6. The van der Waals surface area contributed by atoms with Gasteiger partial charge in [-0.1, -0.05) is 11.8 Å². The van der Waals surface area contributed by atoms with Gasteiger partial charge in [0.2, 0.25) is 0 Å². The molecule has 2 aromatic rings. The standard InChI is InChI=1S/C11H12BrN3OS/c12-9-7-15-4-3-13-10(15)11(14-9)17-8-1-5-16-6-2-8/h3-4,7-8H,1-2,5-6H2. The van der Waals surface area contributed by atoms with Crippen LogP contribution in [0.2, 0.25) is 0 Å². The summed E-state index contributed by atoms with van der Waals surface area (Å²) in [6.45, 7) is 1.72. The van der Waals surface area contributed by atoms with Crippen LogP contribution in [-0.4, -0.2) is 32.8 Å². The number of aromatic nitrogens is 3. The van der Waals surface area contributed by atoms with E-state index in [1.807, 2.05) is 28.6 Å². The third kappa shape index (κ3) is 2.48. The quantitative estimate of drug-likeness (QED) is 0.854. The molecule has 0 saturated carbocycles. The monoisotopic (exact) mass is 313 g/mol. The Morgan fingerprint density at radius 1 is 1.41 bits per heavy atom. The number of nitrogens with zero attached hydrogens (tertiary/aromatic N) is 3. The summed E-state index contributed by atoms with van der Waals surface area (Å²) in [5, 5.41) is 1.59. The number of imidazole rings is 1. The molecule has 90 valence electrons. The van der Waals surface area contributed by atoms with Crippen LogP contribution in [0, 0.1) is 0 Å². The molecule has 1 fully saturated rings. The lowest BCUT2D eigenvalue weighted by molar-refractivity contribution is 0.1000. The van der Waals surface area contributed by atoms with Crippen molar-refractivity contribution >= 4 is 33.3 Å². The van der Waals surface area contributed by atoms with E-state index < -0.39 is 0 Å². The van der Waals surface area contributed by atoms with Gasteiger partial charge in [0.15, 0.2) is 5.65 Å². The highest BCUT2D eigenvalue weighted by Gasteiger charge is 2.18. The number of halogens is 1. The van der Waals surface area contributed by atoms with Crippen LogP contribution in [0.1, 0.15) is 12.8 Å². The smallest absolute Gasteiger partial charge is 0.169 e. The van der Waals surface area contributed by atoms with Gasteiger partial charge in [-0.25, -0.2) is 9.97 Å². The number of rotatable bonds is 2.